The van der Waals surface area contributed by atoms with E-state index in [1.165, 1.54) is 12.3 Å². The molecule has 2 aromatic heterocycles. The molecule has 1 aromatic carbocycles. The zero-order valence-electron chi connectivity index (χ0n) is 19.0. The number of fused-ring (bicyclic) bond motifs is 1. The summed E-state index contributed by atoms with van der Waals surface area (Å²) < 4.78 is 35.8. The Balaban J connectivity index is 1.51. The zero-order valence-corrected chi connectivity index (χ0v) is 19.8. The molecular formula is C23H27ClF2N6O2. The van der Waals surface area contributed by atoms with Gasteiger partial charge in [-0.05, 0) is 32.4 Å². The molecule has 8 nitrogen and oxygen atoms in total. The average Bonchev–Trinajstić information content (AvgIpc) is 3.14. The fraction of sp³-hybridized carbons (Fsp3) is 0.522. The normalized spacial score (nSPS) is 21.9. The van der Waals surface area contributed by atoms with Crippen LogP contribution in [0.1, 0.15) is 32.1 Å². The number of hydrogen-bond acceptors (Lipinski definition) is 7. The molecular weight excluding hydrogens is 466 g/mol. The third-order valence-corrected chi connectivity index (χ3v) is 6.55. The lowest BCUT2D eigenvalue weighted by Gasteiger charge is -2.34. The molecule has 2 N–H and O–H groups in total. The topological polar surface area (TPSA) is 88.3 Å². The Morgan fingerprint density at radius 1 is 1.29 bits per heavy atom. The number of nitrogens with zero attached hydrogens (tertiary/aromatic N) is 5. The Morgan fingerprint density at radius 3 is 2.79 bits per heavy atom. The van der Waals surface area contributed by atoms with Crippen LogP contribution in [0.25, 0.3) is 22.3 Å². The molecule has 11 heteroatoms. The van der Waals surface area contributed by atoms with E-state index in [0.29, 0.717) is 61.2 Å². The summed E-state index contributed by atoms with van der Waals surface area (Å²) in [6, 6.07) is 2.96. The number of likely N-dealkylation sites (tertiary alicyclic amines) is 1. The fourth-order valence-electron chi connectivity index (χ4n) is 4.56. The number of benzene rings is 1. The van der Waals surface area contributed by atoms with Gasteiger partial charge in [-0.25, -0.2) is 23.7 Å². The first kappa shape index (κ1) is 23.3. The summed E-state index contributed by atoms with van der Waals surface area (Å²) in [6.07, 6.45) is 0.579. The second-order valence-electron chi connectivity index (χ2n) is 9.18. The molecule has 0 aliphatic carbocycles. The van der Waals surface area contributed by atoms with Crippen molar-refractivity contribution in [1.82, 2.24) is 24.4 Å². The lowest BCUT2D eigenvalue weighted by atomic mass is 10.1. The summed E-state index contributed by atoms with van der Waals surface area (Å²) in [5, 5.41) is 13.6. The van der Waals surface area contributed by atoms with Crippen molar-refractivity contribution < 1.29 is 18.6 Å². The average molecular weight is 493 g/mol. The minimum absolute atomic E-state index is 0.0187. The van der Waals surface area contributed by atoms with Crippen LogP contribution >= 0.6 is 11.6 Å². The summed E-state index contributed by atoms with van der Waals surface area (Å²) >= 11 is 6.41. The number of hydrogen-bond donors (Lipinski definition) is 2. The summed E-state index contributed by atoms with van der Waals surface area (Å²) in [4.78, 5) is 15.3. The molecule has 2 saturated heterocycles. The van der Waals surface area contributed by atoms with Gasteiger partial charge < -0.3 is 19.7 Å². The van der Waals surface area contributed by atoms with Crippen molar-refractivity contribution in [2.45, 2.75) is 51.2 Å². The summed E-state index contributed by atoms with van der Waals surface area (Å²) in [6.45, 7) is 5.96. The van der Waals surface area contributed by atoms with E-state index in [1.807, 2.05) is 29.4 Å². The molecule has 0 saturated carbocycles. The van der Waals surface area contributed by atoms with Crippen LogP contribution in [0.15, 0.2) is 18.3 Å². The number of ether oxygens (including phenoxy) is 1. The van der Waals surface area contributed by atoms with Crippen molar-refractivity contribution in [1.29, 1.82) is 0 Å². The minimum Gasteiger partial charge on any atom is -0.389 e. The van der Waals surface area contributed by atoms with Crippen molar-refractivity contribution in [3.8, 4) is 11.3 Å². The maximum absolute atomic E-state index is 15.2. The van der Waals surface area contributed by atoms with Gasteiger partial charge in [0, 0.05) is 31.3 Å². The first-order chi connectivity index (χ1) is 16.3. The van der Waals surface area contributed by atoms with Crippen LogP contribution in [0.3, 0.4) is 0 Å². The first-order valence-corrected chi connectivity index (χ1v) is 11.8. The molecule has 0 amide bonds. The second kappa shape index (κ2) is 9.33. The number of nitrogens with one attached hydrogen (secondary N) is 1. The monoisotopic (exact) mass is 492 g/mol. The number of aliphatic hydroxyl groups is 1. The summed E-state index contributed by atoms with van der Waals surface area (Å²) in [7, 11) is 0. The van der Waals surface area contributed by atoms with Gasteiger partial charge in [0.25, 0.3) is 0 Å². The molecule has 2 aliphatic rings. The van der Waals surface area contributed by atoms with Gasteiger partial charge in [0.2, 0.25) is 5.95 Å². The lowest BCUT2D eigenvalue weighted by molar-refractivity contribution is -0.0136. The van der Waals surface area contributed by atoms with Crippen LogP contribution in [0, 0.1) is 5.82 Å². The van der Waals surface area contributed by atoms with Gasteiger partial charge >= 0.3 is 0 Å². The highest BCUT2D eigenvalue weighted by Gasteiger charge is 2.29. The van der Waals surface area contributed by atoms with E-state index in [1.54, 1.807) is 0 Å². The molecule has 4 heterocycles. The number of anilines is 1. The zero-order chi connectivity index (χ0) is 24.0. The van der Waals surface area contributed by atoms with E-state index >= 15 is 4.39 Å². The summed E-state index contributed by atoms with van der Waals surface area (Å²) in [5.41, 5.74) is 1.76. The van der Waals surface area contributed by atoms with Crippen LogP contribution in [0.5, 0.6) is 0 Å². The van der Waals surface area contributed by atoms with E-state index < -0.39 is 18.1 Å². The van der Waals surface area contributed by atoms with E-state index in [9.17, 15) is 9.50 Å². The molecule has 0 radical (unpaired) electrons. The van der Waals surface area contributed by atoms with Crippen molar-refractivity contribution in [3.05, 3.63) is 35.0 Å². The van der Waals surface area contributed by atoms with Gasteiger partial charge in [0.15, 0.2) is 5.82 Å². The van der Waals surface area contributed by atoms with Crippen molar-refractivity contribution in [3.63, 3.8) is 0 Å². The molecule has 0 unspecified atom stereocenters. The smallest absolute Gasteiger partial charge is 0.223 e. The van der Waals surface area contributed by atoms with Gasteiger partial charge in [-0.15, -0.1) is 0 Å². The number of rotatable bonds is 6. The van der Waals surface area contributed by atoms with Gasteiger partial charge in [0.05, 0.1) is 47.7 Å². The molecule has 182 valence electrons. The Morgan fingerprint density at radius 2 is 2.09 bits per heavy atom. The molecule has 5 rings (SSSR count). The standard InChI is InChI=1S/C23H27ClF2N6O2/c1-12(2)32-18-6-13(5-16(26)22(18)29-20(32)10-31-8-14(25)9-31)21-15(24)7-27-23(30-21)28-17-3-4-34-11-19(17)33/h5-7,12,14,17,19,33H,3-4,8-11H2,1-2H3,(H,27,28,30)/t17-,19-/m1/s1. The van der Waals surface area contributed by atoms with Crippen LogP contribution in [0.2, 0.25) is 5.02 Å². The Kier molecular flexibility index (Phi) is 6.41. The van der Waals surface area contributed by atoms with Crippen LogP contribution in [-0.2, 0) is 11.3 Å². The minimum atomic E-state index is -0.815. The third-order valence-electron chi connectivity index (χ3n) is 6.27. The highest BCUT2D eigenvalue weighted by Crippen LogP contribution is 2.33. The van der Waals surface area contributed by atoms with Crippen LogP contribution < -0.4 is 5.32 Å². The SMILES string of the molecule is CC(C)n1c(CN2CC(F)C2)nc2c(F)cc(-c3nc(N[C@@H]4CCOC[C@H]4O)ncc3Cl)cc21. The fourth-order valence-corrected chi connectivity index (χ4v) is 4.76. The van der Waals surface area contributed by atoms with E-state index in [2.05, 4.69) is 20.3 Å². The van der Waals surface area contributed by atoms with Crippen molar-refractivity contribution in [2.24, 2.45) is 0 Å². The molecule has 34 heavy (non-hydrogen) atoms. The van der Waals surface area contributed by atoms with Crippen molar-refractivity contribution >= 4 is 28.6 Å². The summed E-state index contributed by atoms with van der Waals surface area (Å²) in [5.74, 6) is 0.504. The number of alkyl halides is 1. The molecule has 3 aromatic rings. The Labute approximate surface area is 200 Å². The molecule has 0 bridgehead atoms. The lowest BCUT2D eigenvalue weighted by Crippen LogP contribution is -2.47. The van der Waals surface area contributed by atoms with Gasteiger partial charge in [-0.2, -0.15) is 0 Å². The first-order valence-electron chi connectivity index (χ1n) is 11.4. The van der Waals surface area contributed by atoms with Gasteiger partial charge in [-0.1, -0.05) is 11.6 Å². The van der Waals surface area contributed by atoms with E-state index in [4.69, 9.17) is 16.3 Å². The third kappa shape index (κ3) is 4.47. The van der Waals surface area contributed by atoms with Gasteiger partial charge in [0.1, 0.15) is 17.5 Å². The molecule has 2 atom stereocenters. The number of aliphatic hydroxyl groups excluding tert-OH is 1. The molecule has 2 aliphatic heterocycles. The van der Waals surface area contributed by atoms with Gasteiger partial charge in [-0.3, -0.25) is 4.90 Å². The number of aromatic nitrogens is 4. The number of halogens is 3. The highest BCUT2D eigenvalue weighted by atomic mass is 35.5. The molecule has 2 fully saturated rings. The van der Waals surface area contributed by atoms with Crippen LogP contribution in [0.4, 0.5) is 14.7 Å². The maximum atomic E-state index is 15.2. The predicted octanol–water partition coefficient (Wildman–Crippen LogP) is 3.58. The maximum Gasteiger partial charge on any atom is 0.223 e. The highest BCUT2D eigenvalue weighted by molar-refractivity contribution is 6.33. The van der Waals surface area contributed by atoms with Crippen molar-refractivity contribution in [2.75, 3.05) is 31.6 Å². The van der Waals surface area contributed by atoms with E-state index in [-0.39, 0.29) is 29.2 Å². The quantitative estimate of drug-likeness (QED) is 0.543. The Hall–Kier alpha value is -2.40. The second-order valence-corrected chi connectivity index (χ2v) is 9.59. The predicted molar refractivity (Wildman–Crippen MR) is 125 cm³/mol. The Bertz CT molecular complexity index is 1200. The molecule has 0 spiro atoms. The number of imidazole rings is 1. The largest absolute Gasteiger partial charge is 0.389 e. The van der Waals surface area contributed by atoms with E-state index in [0.717, 1.165) is 0 Å². The van der Waals surface area contributed by atoms with Crippen LogP contribution in [-0.4, -0.2) is 74.1 Å².